The molecule has 1 fully saturated rings. The zero-order valence-electron chi connectivity index (χ0n) is 18.0. The van der Waals surface area contributed by atoms with E-state index in [2.05, 4.69) is 15.7 Å². The molecular weight excluding hydrogens is 441 g/mol. The molecule has 0 bridgehead atoms. The van der Waals surface area contributed by atoms with Crippen molar-refractivity contribution in [1.29, 1.82) is 0 Å². The lowest BCUT2D eigenvalue weighted by molar-refractivity contribution is -0.142. The van der Waals surface area contributed by atoms with Crippen LogP contribution in [-0.4, -0.2) is 57.6 Å². The highest BCUT2D eigenvalue weighted by molar-refractivity contribution is 7.51. The number of hydrogen-bond acceptors (Lipinski definition) is 7. The highest BCUT2D eigenvalue weighted by Crippen LogP contribution is 2.39. The second-order valence-electron chi connectivity index (χ2n) is 8.16. The number of phenolic OH excluding ortho intramolecular Hbond substituents is 1. The van der Waals surface area contributed by atoms with Crippen molar-refractivity contribution >= 4 is 25.6 Å². The smallest absolute Gasteiger partial charge is 0.459 e. The molecule has 32 heavy (non-hydrogen) atoms. The maximum atomic E-state index is 12.9. The molecule has 0 saturated carbocycles. The maximum absolute atomic E-state index is 12.9. The monoisotopic (exact) mass is 471 g/mol. The van der Waals surface area contributed by atoms with Crippen LogP contribution in [0.1, 0.15) is 38.7 Å². The molecule has 0 spiro atoms. The van der Waals surface area contributed by atoms with Crippen molar-refractivity contribution in [3.63, 3.8) is 0 Å². The first-order valence-corrected chi connectivity index (χ1v) is 11.9. The average molecular weight is 471 g/mol. The highest BCUT2D eigenvalue weighted by atomic mass is 31.2. The highest BCUT2D eigenvalue weighted by Gasteiger charge is 2.36. The van der Waals surface area contributed by atoms with Gasteiger partial charge in [0.25, 0.3) is 0 Å². The first-order valence-electron chi connectivity index (χ1n) is 10.4. The Kier molecular flexibility index (Phi) is 9.21. The molecule has 6 N–H and O–H groups in total. The number of aromatic hydroxyl groups is 1. The largest absolute Gasteiger partial charge is 0.508 e. The third-order valence-corrected chi connectivity index (χ3v) is 5.96. The first-order chi connectivity index (χ1) is 15.0. The molecule has 1 saturated heterocycles. The summed E-state index contributed by atoms with van der Waals surface area (Å²) >= 11 is 0. The van der Waals surface area contributed by atoms with Crippen molar-refractivity contribution in [2.45, 2.75) is 57.7 Å². The number of benzene rings is 1. The van der Waals surface area contributed by atoms with E-state index >= 15 is 0 Å². The molecule has 1 heterocycles. The van der Waals surface area contributed by atoms with Gasteiger partial charge in [0.05, 0.1) is 0 Å². The average Bonchev–Trinajstić information content (AvgIpc) is 3.22. The molecule has 11 nitrogen and oxygen atoms in total. The van der Waals surface area contributed by atoms with Crippen molar-refractivity contribution in [2.24, 2.45) is 5.92 Å². The molecule has 0 radical (unpaired) electrons. The summed E-state index contributed by atoms with van der Waals surface area (Å²) in [6.07, 6.45) is 1.23. The molecule has 1 aromatic carbocycles. The lowest BCUT2D eigenvalue weighted by atomic mass is 10.0. The van der Waals surface area contributed by atoms with Gasteiger partial charge >= 0.3 is 19.7 Å². The second-order valence-corrected chi connectivity index (χ2v) is 9.64. The predicted molar refractivity (Wildman–Crippen MR) is 115 cm³/mol. The molecule has 0 aromatic heterocycles. The lowest BCUT2D eigenvalue weighted by Crippen LogP contribution is -2.51. The molecule has 4 atom stereocenters. The Labute approximate surface area is 186 Å². The number of hydrogen-bond donors (Lipinski definition) is 6. The van der Waals surface area contributed by atoms with Gasteiger partial charge in [0.15, 0.2) is 0 Å². The molecule has 1 amide bonds. The van der Waals surface area contributed by atoms with Gasteiger partial charge < -0.3 is 30.3 Å². The van der Waals surface area contributed by atoms with Crippen molar-refractivity contribution in [2.75, 3.05) is 6.54 Å². The Morgan fingerprint density at radius 1 is 1.22 bits per heavy atom. The van der Waals surface area contributed by atoms with Gasteiger partial charge in [0, 0.05) is 0 Å². The van der Waals surface area contributed by atoms with E-state index < -0.39 is 43.7 Å². The van der Waals surface area contributed by atoms with Crippen LogP contribution in [0, 0.1) is 5.92 Å². The first kappa shape index (κ1) is 25.8. The summed E-state index contributed by atoms with van der Waals surface area (Å²) in [6, 6.07) is 2.50. The van der Waals surface area contributed by atoms with Crippen LogP contribution in [0.25, 0.3) is 0 Å². The number of aliphatic carboxylic acids is 1. The number of amides is 1. The number of phenols is 1. The number of carboxylic acids is 1. The predicted octanol–water partition coefficient (Wildman–Crippen LogP) is 0.904. The molecule has 2 rings (SSSR count). The summed E-state index contributed by atoms with van der Waals surface area (Å²) in [4.78, 5) is 46.7. The van der Waals surface area contributed by atoms with Crippen molar-refractivity contribution in [3.05, 3.63) is 29.8 Å². The van der Waals surface area contributed by atoms with E-state index in [0.29, 0.717) is 18.5 Å². The van der Waals surface area contributed by atoms with Crippen LogP contribution in [0.3, 0.4) is 0 Å². The zero-order chi connectivity index (χ0) is 23.9. The van der Waals surface area contributed by atoms with E-state index in [0.717, 1.165) is 6.42 Å². The molecule has 1 aliphatic heterocycles. The van der Waals surface area contributed by atoms with Crippen LogP contribution >= 0.6 is 7.75 Å². The molecule has 1 unspecified atom stereocenters. The standard InChI is InChI=1S/C20H30N3O8P/c1-12(2)10-17(19(26)27)22-18(25)16(11-13-5-7-14(24)8-6-13)23-32(29,30)31-20(28)15-4-3-9-21-15/h5-8,12,15-17,21,24H,3-4,9-11H2,1-2H3,(H,22,25)(H,26,27)(H2,23,29,30)/t15-,16-,17-/m0/s1. The van der Waals surface area contributed by atoms with Crippen LogP contribution in [0.5, 0.6) is 5.75 Å². The van der Waals surface area contributed by atoms with E-state index in [4.69, 9.17) is 4.52 Å². The molecule has 1 aliphatic rings. The maximum Gasteiger partial charge on any atom is 0.459 e. The fourth-order valence-corrected chi connectivity index (χ4v) is 4.35. The number of carbonyl (C=O) groups excluding carboxylic acids is 2. The van der Waals surface area contributed by atoms with Crippen LogP contribution in [-0.2, 0) is 29.9 Å². The van der Waals surface area contributed by atoms with Crippen molar-refractivity contribution in [3.8, 4) is 5.75 Å². The summed E-state index contributed by atoms with van der Waals surface area (Å²) in [5.41, 5.74) is 0.523. The van der Waals surface area contributed by atoms with E-state index in [1.54, 1.807) is 13.8 Å². The lowest BCUT2D eigenvalue weighted by Gasteiger charge is -2.24. The third-order valence-electron chi connectivity index (χ3n) is 4.89. The van der Waals surface area contributed by atoms with Gasteiger partial charge in [-0.25, -0.2) is 14.2 Å². The molecular formula is C20H30N3O8P. The van der Waals surface area contributed by atoms with Crippen LogP contribution in [0.4, 0.5) is 0 Å². The normalized spacial score (nSPS) is 19.7. The van der Waals surface area contributed by atoms with E-state index in [9.17, 15) is 34.1 Å². The number of nitrogens with one attached hydrogen (secondary N) is 3. The minimum absolute atomic E-state index is 0.00333. The summed E-state index contributed by atoms with van der Waals surface area (Å²) in [6.45, 7) is 4.18. The Hall–Kier alpha value is -2.46. The number of carbonyl (C=O) groups is 3. The van der Waals surface area contributed by atoms with Gasteiger partial charge in [-0.05, 0) is 55.8 Å². The molecule has 1 aromatic rings. The number of carboxylic acid groups (broad SMARTS) is 1. The third kappa shape index (κ3) is 8.23. The fraction of sp³-hybridized carbons (Fsp3) is 0.550. The minimum atomic E-state index is -4.75. The van der Waals surface area contributed by atoms with E-state index in [1.165, 1.54) is 24.3 Å². The second kappa shape index (κ2) is 11.4. The van der Waals surface area contributed by atoms with Crippen LogP contribution < -0.4 is 15.7 Å². The number of rotatable bonds is 11. The Morgan fingerprint density at radius 2 is 1.88 bits per heavy atom. The van der Waals surface area contributed by atoms with Gasteiger partial charge in [0.1, 0.15) is 23.9 Å². The molecule has 178 valence electrons. The summed E-state index contributed by atoms with van der Waals surface area (Å²) < 4.78 is 17.3. The summed E-state index contributed by atoms with van der Waals surface area (Å²) in [7, 11) is -4.75. The van der Waals surface area contributed by atoms with Gasteiger partial charge in [0.2, 0.25) is 5.91 Å². The van der Waals surface area contributed by atoms with E-state index in [-0.39, 0.29) is 24.5 Å². The van der Waals surface area contributed by atoms with Crippen molar-refractivity contribution < 1.29 is 38.6 Å². The summed E-state index contributed by atoms with van der Waals surface area (Å²) in [5, 5.41) is 26.3. The minimum Gasteiger partial charge on any atom is -0.508 e. The van der Waals surface area contributed by atoms with Gasteiger partial charge in [-0.1, -0.05) is 26.0 Å². The van der Waals surface area contributed by atoms with Crippen LogP contribution in [0.2, 0.25) is 0 Å². The SMILES string of the molecule is CC(C)C[C@H](NC(=O)[C@H](Cc1ccc(O)cc1)NP(=O)(O)OC(=O)[C@@H]1CCCN1)C(=O)O. The molecule has 0 aliphatic carbocycles. The van der Waals surface area contributed by atoms with E-state index in [1.807, 2.05) is 0 Å². The Bertz CT molecular complexity index is 855. The quantitative estimate of drug-likeness (QED) is 0.254. The summed E-state index contributed by atoms with van der Waals surface area (Å²) in [5.74, 6) is -3.01. The Morgan fingerprint density at radius 3 is 2.41 bits per heavy atom. The fourth-order valence-electron chi connectivity index (χ4n) is 3.32. The van der Waals surface area contributed by atoms with Crippen molar-refractivity contribution in [1.82, 2.24) is 15.7 Å². The Balaban J connectivity index is 2.17. The molecule has 12 heteroatoms. The topological polar surface area (TPSA) is 174 Å². The van der Waals surface area contributed by atoms with Gasteiger partial charge in [-0.3, -0.25) is 4.79 Å². The van der Waals surface area contributed by atoms with Crippen LogP contribution in [0.15, 0.2) is 24.3 Å². The van der Waals surface area contributed by atoms with Gasteiger partial charge in [-0.15, -0.1) is 0 Å². The van der Waals surface area contributed by atoms with Gasteiger partial charge in [-0.2, -0.15) is 5.09 Å². The zero-order valence-corrected chi connectivity index (χ0v) is 18.9.